The van der Waals surface area contributed by atoms with Gasteiger partial charge in [-0.25, -0.2) is 9.18 Å². The molecular formula is C13H16FNO5. The first-order chi connectivity index (χ1) is 9.51. The zero-order valence-electron chi connectivity index (χ0n) is 11.2. The number of aliphatic carboxylic acids is 1. The molecule has 7 heteroatoms. The van der Waals surface area contributed by atoms with Gasteiger partial charge in [0, 0.05) is 7.11 Å². The Hall–Kier alpha value is -2.15. The minimum atomic E-state index is -1.24. The molecule has 1 rings (SSSR count). The predicted octanol–water partition coefficient (Wildman–Crippen LogP) is 1.05. The molecule has 1 aromatic carbocycles. The van der Waals surface area contributed by atoms with Crippen LogP contribution in [0.3, 0.4) is 0 Å². The van der Waals surface area contributed by atoms with Gasteiger partial charge in [-0.05, 0) is 19.1 Å². The summed E-state index contributed by atoms with van der Waals surface area (Å²) in [4.78, 5) is 22.9. The summed E-state index contributed by atoms with van der Waals surface area (Å²) in [6.07, 6.45) is 0. The van der Waals surface area contributed by atoms with Crippen LogP contribution in [0, 0.1) is 5.82 Å². The average molecular weight is 285 g/mol. The number of carboxylic acid groups (broad SMARTS) is 1. The molecule has 0 radical (unpaired) electrons. The van der Waals surface area contributed by atoms with Crippen molar-refractivity contribution < 1.29 is 28.6 Å². The van der Waals surface area contributed by atoms with Gasteiger partial charge in [0.05, 0.1) is 18.8 Å². The van der Waals surface area contributed by atoms with Crippen LogP contribution in [0.25, 0.3) is 0 Å². The lowest BCUT2D eigenvalue weighted by Crippen LogP contribution is -2.43. The molecule has 2 N–H and O–H groups in total. The van der Waals surface area contributed by atoms with Crippen LogP contribution in [0.1, 0.15) is 17.3 Å². The normalized spacial score (nSPS) is 11.8. The highest BCUT2D eigenvalue weighted by atomic mass is 19.1. The van der Waals surface area contributed by atoms with Gasteiger partial charge in [-0.3, -0.25) is 4.79 Å². The number of ether oxygens (including phenoxy) is 2. The summed E-state index contributed by atoms with van der Waals surface area (Å²) in [5.74, 6) is -2.86. The molecule has 0 aliphatic heterocycles. The molecule has 1 unspecified atom stereocenters. The second-order valence-corrected chi connectivity index (χ2v) is 3.87. The Labute approximate surface area is 115 Å². The fourth-order valence-corrected chi connectivity index (χ4v) is 1.56. The number of benzene rings is 1. The van der Waals surface area contributed by atoms with E-state index in [1.54, 1.807) is 6.92 Å². The highest BCUT2D eigenvalue weighted by Gasteiger charge is 2.23. The van der Waals surface area contributed by atoms with Gasteiger partial charge in [-0.1, -0.05) is 6.07 Å². The van der Waals surface area contributed by atoms with Crippen molar-refractivity contribution in [3.63, 3.8) is 0 Å². The molecule has 6 nitrogen and oxygen atoms in total. The largest absolute Gasteiger partial charge is 0.490 e. The molecule has 0 heterocycles. The van der Waals surface area contributed by atoms with E-state index in [0.717, 1.165) is 6.07 Å². The smallest absolute Gasteiger partial charge is 0.328 e. The Balaban J connectivity index is 2.96. The first kappa shape index (κ1) is 15.9. The summed E-state index contributed by atoms with van der Waals surface area (Å²) in [6.45, 7) is 1.64. The lowest BCUT2D eigenvalue weighted by molar-refractivity contribution is -0.140. The number of rotatable bonds is 7. The highest BCUT2D eigenvalue weighted by molar-refractivity contribution is 5.99. The maximum atomic E-state index is 13.6. The molecule has 1 amide bonds. The van der Waals surface area contributed by atoms with Crippen molar-refractivity contribution in [1.82, 2.24) is 5.32 Å². The molecule has 0 aromatic heterocycles. The third-order valence-corrected chi connectivity index (χ3v) is 2.44. The molecule has 20 heavy (non-hydrogen) atoms. The maximum Gasteiger partial charge on any atom is 0.328 e. The Kier molecular flexibility index (Phi) is 5.92. The van der Waals surface area contributed by atoms with Gasteiger partial charge in [0.25, 0.3) is 5.91 Å². The van der Waals surface area contributed by atoms with Crippen molar-refractivity contribution in [1.29, 1.82) is 0 Å². The molecule has 0 saturated carbocycles. The van der Waals surface area contributed by atoms with Gasteiger partial charge < -0.3 is 19.9 Å². The quantitative estimate of drug-likeness (QED) is 0.782. The highest BCUT2D eigenvalue weighted by Crippen LogP contribution is 2.22. The minimum Gasteiger partial charge on any atom is -0.490 e. The van der Waals surface area contributed by atoms with Crippen LogP contribution in [0.4, 0.5) is 4.39 Å². The van der Waals surface area contributed by atoms with Crippen LogP contribution < -0.4 is 10.1 Å². The van der Waals surface area contributed by atoms with Crippen molar-refractivity contribution in [2.24, 2.45) is 0 Å². The van der Waals surface area contributed by atoms with Crippen molar-refractivity contribution >= 4 is 11.9 Å². The van der Waals surface area contributed by atoms with Crippen molar-refractivity contribution in [2.45, 2.75) is 13.0 Å². The zero-order valence-corrected chi connectivity index (χ0v) is 11.2. The van der Waals surface area contributed by atoms with Crippen LogP contribution in [0.5, 0.6) is 5.75 Å². The number of carbonyl (C=O) groups is 2. The number of para-hydroxylation sites is 1. The van der Waals surface area contributed by atoms with Gasteiger partial charge in [0.15, 0.2) is 17.6 Å². The molecule has 1 aromatic rings. The molecular weight excluding hydrogens is 269 g/mol. The monoisotopic (exact) mass is 285 g/mol. The lowest BCUT2D eigenvalue weighted by atomic mass is 10.1. The average Bonchev–Trinajstić information content (AvgIpc) is 2.40. The van der Waals surface area contributed by atoms with Crippen molar-refractivity contribution in [3.05, 3.63) is 29.6 Å². The third kappa shape index (κ3) is 3.92. The standard InChI is InChI=1S/C13H16FNO5/c1-3-20-11-8(5-4-6-9(11)14)12(16)15-10(7-19-2)13(17)18/h4-6,10H,3,7H2,1-2H3,(H,15,16)(H,17,18). The van der Waals surface area contributed by atoms with E-state index in [-0.39, 0.29) is 24.5 Å². The Bertz CT molecular complexity index is 492. The number of methoxy groups -OCH3 is 1. The predicted molar refractivity (Wildman–Crippen MR) is 68.3 cm³/mol. The number of hydrogen-bond acceptors (Lipinski definition) is 4. The number of nitrogens with one attached hydrogen (secondary N) is 1. The summed E-state index contributed by atoms with van der Waals surface area (Å²) >= 11 is 0. The molecule has 0 aliphatic rings. The van der Waals surface area contributed by atoms with Gasteiger partial charge in [-0.15, -0.1) is 0 Å². The fourth-order valence-electron chi connectivity index (χ4n) is 1.56. The van der Waals surface area contributed by atoms with Crippen LogP contribution in [-0.4, -0.2) is 43.3 Å². The van der Waals surface area contributed by atoms with Crippen molar-refractivity contribution in [2.75, 3.05) is 20.3 Å². The maximum absolute atomic E-state index is 13.6. The summed E-state index contributed by atoms with van der Waals surface area (Å²) in [5.41, 5.74) is -0.0609. The van der Waals surface area contributed by atoms with E-state index in [2.05, 4.69) is 5.32 Å². The Morgan fingerprint density at radius 2 is 2.15 bits per heavy atom. The van der Waals surface area contributed by atoms with Crippen LogP contribution in [-0.2, 0) is 9.53 Å². The SMILES string of the molecule is CCOc1c(F)cccc1C(=O)NC(COC)C(=O)O. The number of carboxylic acids is 1. The topological polar surface area (TPSA) is 84.9 Å². The number of carbonyl (C=O) groups excluding carboxylic acids is 1. The van der Waals surface area contributed by atoms with Crippen LogP contribution in [0.15, 0.2) is 18.2 Å². The van der Waals surface area contributed by atoms with E-state index in [1.165, 1.54) is 19.2 Å². The number of hydrogen-bond donors (Lipinski definition) is 2. The zero-order chi connectivity index (χ0) is 15.1. The summed E-state index contributed by atoms with van der Waals surface area (Å²) in [5, 5.41) is 11.2. The second kappa shape index (κ2) is 7.44. The van der Waals surface area contributed by atoms with E-state index < -0.39 is 23.7 Å². The fraction of sp³-hybridized carbons (Fsp3) is 0.385. The molecule has 0 fully saturated rings. The van der Waals surface area contributed by atoms with E-state index in [4.69, 9.17) is 14.6 Å². The van der Waals surface area contributed by atoms with Crippen LogP contribution >= 0.6 is 0 Å². The van der Waals surface area contributed by atoms with E-state index in [9.17, 15) is 14.0 Å². The third-order valence-electron chi connectivity index (χ3n) is 2.44. The number of halogens is 1. The number of amides is 1. The molecule has 110 valence electrons. The van der Waals surface area contributed by atoms with Crippen LogP contribution in [0.2, 0.25) is 0 Å². The lowest BCUT2D eigenvalue weighted by Gasteiger charge is -2.15. The summed E-state index contributed by atoms with van der Waals surface area (Å²) in [6, 6.07) is 2.64. The van der Waals surface area contributed by atoms with E-state index in [0.29, 0.717) is 0 Å². The van der Waals surface area contributed by atoms with Crippen molar-refractivity contribution in [3.8, 4) is 5.75 Å². The molecule has 0 saturated heterocycles. The Morgan fingerprint density at radius 1 is 1.45 bits per heavy atom. The van der Waals surface area contributed by atoms with E-state index >= 15 is 0 Å². The van der Waals surface area contributed by atoms with E-state index in [1.807, 2.05) is 0 Å². The second-order valence-electron chi connectivity index (χ2n) is 3.87. The molecule has 0 bridgehead atoms. The van der Waals surface area contributed by atoms with Gasteiger partial charge >= 0.3 is 5.97 Å². The first-order valence-electron chi connectivity index (χ1n) is 5.95. The van der Waals surface area contributed by atoms with Gasteiger partial charge in [-0.2, -0.15) is 0 Å². The first-order valence-corrected chi connectivity index (χ1v) is 5.95. The minimum absolute atomic E-state index is 0.0609. The summed E-state index contributed by atoms with van der Waals surface area (Å²) in [7, 11) is 1.32. The Morgan fingerprint density at radius 3 is 2.70 bits per heavy atom. The van der Waals surface area contributed by atoms with Gasteiger partial charge in [0.2, 0.25) is 0 Å². The van der Waals surface area contributed by atoms with Gasteiger partial charge in [0.1, 0.15) is 0 Å². The summed E-state index contributed by atoms with van der Waals surface area (Å²) < 4.78 is 23.4. The molecule has 0 aliphatic carbocycles. The molecule has 0 spiro atoms. The molecule has 1 atom stereocenters.